The Bertz CT molecular complexity index is 1180. The molecule has 0 atom stereocenters. The second-order valence-corrected chi connectivity index (χ2v) is 9.05. The first-order chi connectivity index (χ1) is 20.7. The van der Waals surface area contributed by atoms with Crippen LogP contribution in [-0.4, -0.2) is 77.8 Å². The van der Waals surface area contributed by atoms with E-state index in [-0.39, 0.29) is 25.0 Å². The molecule has 4 aliphatic rings. The van der Waals surface area contributed by atoms with Crippen molar-refractivity contribution in [3.63, 3.8) is 0 Å². The molecule has 0 saturated heterocycles. The zero-order valence-electron chi connectivity index (χ0n) is 23.4. The molecule has 0 aromatic heterocycles. The Kier molecular flexibility index (Phi) is 12.5. The maximum atomic E-state index is 12.6. The third-order valence-corrected chi connectivity index (χ3v) is 5.93. The number of nitrogens with one attached hydrogen (secondary N) is 2. The molecule has 0 saturated carbocycles. The molecule has 3 aromatic carbocycles. The first-order valence-corrected chi connectivity index (χ1v) is 13.9. The molecule has 7 rings (SSSR count). The first-order valence-electron chi connectivity index (χ1n) is 13.9. The fourth-order valence-electron chi connectivity index (χ4n) is 3.81. The van der Waals surface area contributed by atoms with Gasteiger partial charge in [-0.15, -0.1) is 0 Å². The first kappa shape index (κ1) is 30.4. The average molecular weight is 577 g/mol. The molecule has 4 aliphatic heterocycles. The van der Waals surface area contributed by atoms with Gasteiger partial charge in [-0.3, -0.25) is 9.59 Å². The van der Waals surface area contributed by atoms with E-state index in [2.05, 4.69) is 10.6 Å². The number of hydrogen-bond donors (Lipinski definition) is 2. The zero-order valence-corrected chi connectivity index (χ0v) is 23.4. The summed E-state index contributed by atoms with van der Waals surface area (Å²) in [7, 11) is 0. The number of carbonyl (C=O) groups excluding carboxylic acids is 2. The lowest BCUT2D eigenvalue weighted by molar-refractivity contribution is 0.0946. The summed E-state index contributed by atoms with van der Waals surface area (Å²) in [6.07, 6.45) is 3.81. The predicted molar refractivity (Wildman–Crippen MR) is 157 cm³/mol. The Labute approximate surface area is 245 Å². The molecule has 2 N–H and O–H groups in total. The van der Waals surface area contributed by atoms with Crippen LogP contribution in [0.4, 0.5) is 0 Å². The number of carbonyl (C=O) groups is 2. The van der Waals surface area contributed by atoms with E-state index in [4.69, 9.17) is 28.4 Å². The van der Waals surface area contributed by atoms with Gasteiger partial charge >= 0.3 is 0 Å². The standard InChI is InChI=1S/C32H36N2O8/c35-31-25-4-3-5-26(24-25)32(36)34-15-19-40-28-8-12-30(13-9-28)42-23-21-38-17-2-1-16-37-20-22-41-29-10-6-27(7-11-29)39-18-14-33-31/h1-13,24H,14-23H2,(H,33,35)(H,34,36)/b2-1+. The lowest BCUT2D eigenvalue weighted by atomic mass is 10.1. The maximum Gasteiger partial charge on any atom is 0.251 e. The van der Waals surface area contributed by atoms with E-state index in [1.54, 1.807) is 48.5 Å². The van der Waals surface area contributed by atoms with Crippen LogP contribution in [0.15, 0.2) is 84.9 Å². The average Bonchev–Trinajstić information content (AvgIpc) is 3.02. The van der Waals surface area contributed by atoms with Gasteiger partial charge in [0.2, 0.25) is 0 Å². The molecule has 0 aliphatic carbocycles. The van der Waals surface area contributed by atoms with Crippen LogP contribution < -0.4 is 29.6 Å². The summed E-state index contributed by atoms with van der Waals surface area (Å²) >= 11 is 0. The Morgan fingerprint density at radius 3 is 1.26 bits per heavy atom. The summed E-state index contributed by atoms with van der Waals surface area (Å²) in [5.41, 5.74) is 0.770. The SMILES string of the molecule is O=C1NCCOc2ccc(cc2)OCCOC/C=C/COCCOc2ccc(cc2)OCCNC(=O)c2cccc1c2. The Morgan fingerprint density at radius 2 is 0.857 bits per heavy atom. The van der Waals surface area contributed by atoms with E-state index in [9.17, 15) is 9.59 Å². The Balaban J connectivity index is 1.29. The van der Waals surface area contributed by atoms with Gasteiger partial charge in [0.1, 0.15) is 49.4 Å². The molecule has 4 heterocycles. The van der Waals surface area contributed by atoms with Gasteiger partial charge in [-0.2, -0.15) is 0 Å². The highest BCUT2D eigenvalue weighted by Crippen LogP contribution is 2.18. The molecule has 10 heteroatoms. The van der Waals surface area contributed by atoms with Crippen molar-refractivity contribution < 1.29 is 38.0 Å². The summed E-state index contributed by atoms with van der Waals surface area (Å²) in [6, 6.07) is 21.0. The fourth-order valence-corrected chi connectivity index (χ4v) is 3.81. The normalized spacial score (nSPS) is 17.3. The van der Waals surface area contributed by atoms with E-state index >= 15 is 0 Å². The monoisotopic (exact) mass is 576 g/mol. The summed E-state index contributed by atoms with van der Waals surface area (Å²) in [6.45, 7) is 3.86. The molecular formula is C32H36N2O8. The van der Waals surface area contributed by atoms with Crippen LogP contribution in [0, 0.1) is 0 Å². The van der Waals surface area contributed by atoms with Crippen molar-refractivity contribution in [1.29, 1.82) is 0 Å². The van der Waals surface area contributed by atoms with Crippen molar-refractivity contribution in [2.24, 2.45) is 0 Å². The zero-order chi connectivity index (χ0) is 29.2. The van der Waals surface area contributed by atoms with Gasteiger partial charge in [-0.25, -0.2) is 0 Å². The van der Waals surface area contributed by atoms with Gasteiger partial charge in [-0.05, 0) is 66.7 Å². The van der Waals surface area contributed by atoms with Crippen molar-refractivity contribution in [3.05, 3.63) is 96.1 Å². The van der Waals surface area contributed by atoms with Crippen LogP contribution in [-0.2, 0) is 9.47 Å². The molecule has 42 heavy (non-hydrogen) atoms. The van der Waals surface area contributed by atoms with Gasteiger partial charge in [0.25, 0.3) is 11.8 Å². The van der Waals surface area contributed by atoms with E-state index in [0.29, 0.717) is 86.9 Å². The molecule has 0 fully saturated rings. The summed E-state index contributed by atoms with van der Waals surface area (Å²) in [4.78, 5) is 25.2. The highest BCUT2D eigenvalue weighted by molar-refractivity contribution is 5.99. The maximum absolute atomic E-state index is 12.6. The quantitative estimate of drug-likeness (QED) is 0.390. The van der Waals surface area contributed by atoms with Gasteiger partial charge in [-0.1, -0.05) is 18.2 Å². The van der Waals surface area contributed by atoms with Gasteiger partial charge < -0.3 is 39.1 Å². The summed E-state index contributed by atoms with van der Waals surface area (Å²) in [5, 5.41) is 5.62. The number of ether oxygens (including phenoxy) is 6. The Hall–Kier alpha value is -4.54. The smallest absolute Gasteiger partial charge is 0.251 e. The Morgan fingerprint density at radius 1 is 0.476 bits per heavy atom. The molecular weight excluding hydrogens is 540 g/mol. The summed E-state index contributed by atoms with van der Waals surface area (Å²) in [5.74, 6) is 2.15. The lowest BCUT2D eigenvalue weighted by Crippen LogP contribution is -2.30. The molecule has 222 valence electrons. The second-order valence-electron chi connectivity index (χ2n) is 9.05. The van der Waals surface area contributed by atoms with Crippen molar-refractivity contribution in [2.45, 2.75) is 0 Å². The minimum absolute atomic E-state index is 0.286. The number of amides is 2. The molecule has 0 radical (unpaired) electrons. The summed E-state index contributed by atoms with van der Waals surface area (Å²) < 4.78 is 33.9. The van der Waals surface area contributed by atoms with Crippen LogP contribution in [0.1, 0.15) is 20.7 Å². The van der Waals surface area contributed by atoms with Crippen LogP contribution in [0.25, 0.3) is 0 Å². The molecule has 0 unspecified atom stereocenters. The van der Waals surface area contributed by atoms with Crippen molar-refractivity contribution in [2.75, 3.05) is 65.9 Å². The molecule has 0 spiro atoms. The van der Waals surface area contributed by atoms with Crippen LogP contribution in [0.5, 0.6) is 23.0 Å². The minimum Gasteiger partial charge on any atom is -0.492 e. The fraction of sp³-hybridized carbons (Fsp3) is 0.312. The molecule has 10 nitrogen and oxygen atoms in total. The van der Waals surface area contributed by atoms with E-state index in [1.165, 1.54) is 0 Å². The van der Waals surface area contributed by atoms with Gasteiger partial charge in [0.05, 0.1) is 39.5 Å². The number of rotatable bonds is 0. The van der Waals surface area contributed by atoms with Crippen LogP contribution >= 0.6 is 0 Å². The highest BCUT2D eigenvalue weighted by atomic mass is 16.5. The second kappa shape index (κ2) is 17.3. The van der Waals surface area contributed by atoms with Crippen LogP contribution in [0.2, 0.25) is 0 Å². The van der Waals surface area contributed by atoms with Crippen molar-refractivity contribution >= 4 is 11.8 Å². The van der Waals surface area contributed by atoms with E-state index < -0.39 is 0 Å². The van der Waals surface area contributed by atoms with E-state index in [1.807, 2.05) is 36.4 Å². The third kappa shape index (κ3) is 10.8. The topological polar surface area (TPSA) is 114 Å². The van der Waals surface area contributed by atoms with Crippen molar-refractivity contribution in [1.82, 2.24) is 10.6 Å². The molecule has 6 bridgehead atoms. The lowest BCUT2D eigenvalue weighted by Gasteiger charge is -2.11. The third-order valence-electron chi connectivity index (χ3n) is 5.93. The van der Waals surface area contributed by atoms with Gasteiger partial charge in [0.15, 0.2) is 0 Å². The molecule has 3 aromatic rings. The van der Waals surface area contributed by atoms with E-state index in [0.717, 1.165) is 0 Å². The minimum atomic E-state index is -0.292. The van der Waals surface area contributed by atoms with Crippen molar-refractivity contribution in [3.8, 4) is 23.0 Å². The number of benzene rings is 3. The largest absolute Gasteiger partial charge is 0.492 e. The molecule has 2 amide bonds. The highest BCUT2D eigenvalue weighted by Gasteiger charge is 2.10. The van der Waals surface area contributed by atoms with Crippen LogP contribution in [0.3, 0.4) is 0 Å². The predicted octanol–water partition coefficient (Wildman–Crippen LogP) is 3.66. The number of hydrogen-bond acceptors (Lipinski definition) is 8. The van der Waals surface area contributed by atoms with Gasteiger partial charge in [0, 0.05) is 11.1 Å².